The fourth-order valence-corrected chi connectivity index (χ4v) is 4.32. The first-order valence-electron chi connectivity index (χ1n) is 11.2. The lowest BCUT2D eigenvalue weighted by atomic mass is 9.86. The number of imide groups is 1. The van der Waals surface area contributed by atoms with Gasteiger partial charge < -0.3 is 10.5 Å². The first-order valence-corrected chi connectivity index (χ1v) is 11.2. The molecule has 0 bridgehead atoms. The normalized spacial score (nSPS) is 22.2. The van der Waals surface area contributed by atoms with Gasteiger partial charge >= 0.3 is 0 Å². The Kier molecular flexibility index (Phi) is 7.37. The van der Waals surface area contributed by atoms with Gasteiger partial charge in [-0.25, -0.2) is 9.38 Å². The number of hydrogen-bond donors (Lipinski definition) is 1. The summed E-state index contributed by atoms with van der Waals surface area (Å²) in [6.07, 6.45) is 3.63. The summed E-state index contributed by atoms with van der Waals surface area (Å²) in [4.78, 5) is 33.1. The molecule has 2 N–H and O–H groups in total. The average Bonchev–Trinajstić information content (AvgIpc) is 2.97. The van der Waals surface area contributed by atoms with Crippen LogP contribution >= 0.6 is 0 Å². The number of hydrogen-bond acceptors (Lipinski definition) is 6. The van der Waals surface area contributed by atoms with E-state index in [2.05, 4.69) is 23.4 Å². The lowest BCUT2D eigenvalue weighted by Gasteiger charge is -2.38. The fourth-order valence-electron chi connectivity index (χ4n) is 4.32. The Bertz CT molecular complexity index is 996. The highest BCUT2D eigenvalue weighted by Crippen LogP contribution is 2.30. The van der Waals surface area contributed by atoms with Crippen LogP contribution in [0.5, 0.6) is 0 Å². The molecule has 8 heteroatoms. The Hall–Kier alpha value is -3.00. The van der Waals surface area contributed by atoms with E-state index in [1.165, 1.54) is 35.5 Å². The molecule has 1 saturated heterocycles. The number of nitrogens with zero attached hydrogens (tertiary/aromatic N) is 3. The van der Waals surface area contributed by atoms with Crippen molar-refractivity contribution in [3.05, 3.63) is 59.7 Å². The number of carbonyl (C=O) groups is 2. The monoisotopic (exact) mass is 456 g/mol. The third kappa shape index (κ3) is 5.68. The van der Waals surface area contributed by atoms with Gasteiger partial charge in [0.25, 0.3) is 11.8 Å². The minimum atomic E-state index is -0.644. The van der Waals surface area contributed by atoms with Gasteiger partial charge in [0.05, 0.1) is 11.1 Å². The molecule has 178 valence electrons. The number of piperidine rings is 1. The topological polar surface area (TPSA) is 88.2 Å². The van der Waals surface area contributed by atoms with Crippen LogP contribution < -0.4 is 5.73 Å². The average molecular weight is 457 g/mol. The zero-order valence-electron chi connectivity index (χ0n) is 19.8. The van der Waals surface area contributed by atoms with Crippen LogP contribution in [-0.4, -0.2) is 59.3 Å². The Balaban J connectivity index is 1.61. The van der Waals surface area contributed by atoms with Crippen molar-refractivity contribution in [2.24, 2.45) is 22.6 Å². The summed E-state index contributed by atoms with van der Waals surface area (Å²) in [5.74, 6) is -0.774. The van der Waals surface area contributed by atoms with E-state index in [0.717, 1.165) is 25.1 Å². The summed E-state index contributed by atoms with van der Waals surface area (Å²) in [5.41, 5.74) is 5.80. The molecule has 2 aliphatic rings. The number of halogens is 1. The van der Waals surface area contributed by atoms with Crippen LogP contribution in [0.25, 0.3) is 0 Å². The zero-order chi connectivity index (χ0) is 24.3. The highest BCUT2D eigenvalue weighted by Gasteiger charge is 2.40. The Morgan fingerprint density at radius 3 is 2.67 bits per heavy atom. The van der Waals surface area contributed by atoms with Crippen molar-refractivity contribution >= 4 is 17.7 Å². The van der Waals surface area contributed by atoms with Crippen LogP contribution in [0.15, 0.2) is 47.7 Å². The van der Waals surface area contributed by atoms with Gasteiger partial charge in [-0.2, -0.15) is 0 Å². The molecule has 2 atom stereocenters. The first-order chi connectivity index (χ1) is 15.5. The number of likely N-dealkylation sites (tertiary alicyclic amines) is 1. The lowest BCUT2D eigenvalue weighted by Crippen LogP contribution is -2.46. The van der Waals surface area contributed by atoms with Gasteiger partial charge in [0, 0.05) is 37.6 Å². The standard InChI is InChI=1S/C25H33FN4O3/c1-16-13-29(14-17(2)22(28-11-10-27)33-25(3,4)5)12-9-18(16)15-30-23(31)19-7-6-8-20(26)21(19)24(30)32/h6-8,10-11,16,18H,2,9,12-15,27H2,1,3-5H3/b11-10-,28-22?. The molecule has 2 heterocycles. The minimum Gasteiger partial charge on any atom is -0.472 e. The Morgan fingerprint density at radius 1 is 1.33 bits per heavy atom. The molecule has 7 nitrogen and oxygen atoms in total. The molecule has 1 aromatic rings. The van der Waals surface area contributed by atoms with Crippen molar-refractivity contribution in [3.63, 3.8) is 0 Å². The Labute approximate surface area is 194 Å². The van der Waals surface area contributed by atoms with E-state index in [4.69, 9.17) is 10.5 Å². The smallest absolute Gasteiger partial charge is 0.264 e. The van der Waals surface area contributed by atoms with Crippen molar-refractivity contribution in [2.75, 3.05) is 26.2 Å². The second-order valence-corrected chi connectivity index (χ2v) is 9.74. The van der Waals surface area contributed by atoms with Crippen molar-refractivity contribution in [3.8, 4) is 0 Å². The molecule has 0 spiro atoms. The van der Waals surface area contributed by atoms with E-state index in [9.17, 15) is 14.0 Å². The first kappa shape index (κ1) is 24.6. The summed E-state index contributed by atoms with van der Waals surface area (Å²) >= 11 is 0. The molecule has 0 aliphatic carbocycles. The predicted molar refractivity (Wildman–Crippen MR) is 126 cm³/mol. The molecule has 0 aromatic heterocycles. The largest absolute Gasteiger partial charge is 0.472 e. The van der Waals surface area contributed by atoms with Gasteiger partial charge in [-0.3, -0.25) is 19.4 Å². The van der Waals surface area contributed by atoms with Crippen LogP contribution in [0, 0.1) is 17.7 Å². The maximum Gasteiger partial charge on any atom is 0.264 e. The molecule has 2 amide bonds. The molecular weight excluding hydrogens is 423 g/mol. The van der Waals surface area contributed by atoms with Gasteiger partial charge in [0.15, 0.2) is 0 Å². The van der Waals surface area contributed by atoms with E-state index >= 15 is 0 Å². The number of amides is 2. The molecule has 3 rings (SSSR count). The summed E-state index contributed by atoms with van der Waals surface area (Å²) in [5, 5.41) is 0. The molecule has 0 radical (unpaired) electrons. The number of nitrogens with two attached hydrogens (primary N) is 1. The number of ether oxygens (including phenoxy) is 1. The van der Waals surface area contributed by atoms with E-state index < -0.39 is 23.2 Å². The minimum absolute atomic E-state index is 0.110. The van der Waals surface area contributed by atoms with Crippen LogP contribution in [0.4, 0.5) is 4.39 Å². The molecule has 2 aliphatic heterocycles. The molecule has 1 aromatic carbocycles. The molecule has 1 fully saturated rings. The van der Waals surface area contributed by atoms with Gasteiger partial charge in [-0.1, -0.05) is 19.6 Å². The number of carbonyl (C=O) groups excluding carboxylic acids is 2. The summed E-state index contributed by atoms with van der Waals surface area (Å²) < 4.78 is 20.1. The fraction of sp³-hybridized carbons (Fsp3) is 0.480. The summed E-state index contributed by atoms with van der Waals surface area (Å²) in [7, 11) is 0. The quantitative estimate of drug-likeness (QED) is 0.402. The number of fused-ring (bicyclic) bond motifs is 1. The van der Waals surface area contributed by atoms with Gasteiger partial charge in [0.2, 0.25) is 5.90 Å². The van der Waals surface area contributed by atoms with E-state index in [1.54, 1.807) is 0 Å². The van der Waals surface area contributed by atoms with Crippen LogP contribution in [0.1, 0.15) is 54.8 Å². The van der Waals surface area contributed by atoms with Crippen molar-refractivity contribution < 1.29 is 18.7 Å². The van der Waals surface area contributed by atoms with E-state index in [1.807, 2.05) is 20.8 Å². The van der Waals surface area contributed by atoms with Crippen molar-refractivity contribution in [1.82, 2.24) is 9.80 Å². The third-order valence-corrected chi connectivity index (χ3v) is 5.93. The predicted octanol–water partition coefficient (Wildman–Crippen LogP) is 3.58. The molecule has 0 saturated carbocycles. The maximum atomic E-state index is 14.1. The van der Waals surface area contributed by atoms with Crippen molar-refractivity contribution in [2.45, 2.75) is 39.7 Å². The second-order valence-electron chi connectivity index (χ2n) is 9.74. The van der Waals surface area contributed by atoms with E-state index in [-0.39, 0.29) is 23.0 Å². The van der Waals surface area contributed by atoms with Crippen LogP contribution in [0.3, 0.4) is 0 Å². The number of aliphatic imine (C=N–C) groups is 1. The van der Waals surface area contributed by atoms with Gasteiger partial charge in [0.1, 0.15) is 11.4 Å². The Morgan fingerprint density at radius 2 is 2.06 bits per heavy atom. The van der Waals surface area contributed by atoms with Gasteiger partial charge in [-0.05, 0) is 57.7 Å². The molecular formula is C25H33FN4O3. The van der Waals surface area contributed by atoms with Crippen LogP contribution in [-0.2, 0) is 4.74 Å². The highest BCUT2D eigenvalue weighted by molar-refractivity contribution is 6.21. The lowest BCUT2D eigenvalue weighted by molar-refractivity contribution is 0.0550. The summed E-state index contributed by atoms with van der Waals surface area (Å²) in [6, 6.07) is 4.18. The maximum absolute atomic E-state index is 14.1. The van der Waals surface area contributed by atoms with Crippen LogP contribution in [0.2, 0.25) is 0 Å². The highest BCUT2D eigenvalue weighted by atomic mass is 19.1. The SMILES string of the molecule is C=C(CN1CCC(CN2C(=O)c3cccc(F)c3C2=O)C(C)C1)C(=N/C=C\N)OC(C)(C)C. The number of benzene rings is 1. The van der Waals surface area contributed by atoms with Crippen molar-refractivity contribution in [1.29, 1.82) is 0 Å². The molecule has 33 heavy (non-hydrogen) atoms. The third-order valence-electron chi connectivity index (χ3n) is 5.93. The zero-order valence-corrected chi connectivity index (χ0v) is 19.8. The van der Waals surface area contributed by atoms with E-state index in [0.29, 0.717) is 19.0 Å². The second kappa shape index (κ2) is 9.87. The summed E-state index contributed by atoms with van der Waals surface area (Å²) in [6.45, 7) is 14.5. The molecule has 2 unspecified atom stereocenters. The van der Waals surface area contributed by atoms with Gasteiger partial charge in [-0.15, -0.1) is 0 Å². The number of rotatable bonds is 6.